The van der Waals surface area contributed by atoms with Crippen LogP contribution in [-0.4, -0.2) is 19.2 Å². The largest absolute Gasteiger partial charge is 0.494 e. The first kappa shape index (κ1) is 13.4. The van der Waals surface area contributed by atoms with Crippen molar-refractivity contribution in [2.45, 2.75) is 51.5 Å². The molecule has 0 spiro atoms. The highest BCUT2D eigenvalue weighted by Crippen LogP contribution is 2.17. The molecule has 2 nitrogen and oxygen atoms in total. The fourth-order valence-corrected chi connectivity index (χ4v) is 2.52. The summed E-state index contributed by atoms with van der Waals surface area (Å²) in [5.74, 6) is 1.02. The maximum Gasteiger partial charge on any atom is 0.119 e. The van der Waals surface area contributed by atoms with Gasteiger partial charge < -0.3 is 10.1 Å². The molecule has 0 aliphatic carbocycles. The van der Waals surface area contributed by atoms with Gasteiger partial charge in [0.2, 0.25) is 0 Å². The second kappa shape index (κ2) is 7.42. The van der Waals surface area contributed by atoms with Gasteiger partial charge in [0.15, 0.2) is 0 Å². The molecule has 1 unspecified atom stereocenters. The Labute approximate surface area is 111 Å². The lowest BCUT2D eigenvalue weighted by Gasteiger charge is -2.23. The van der Waals surface area contributed by atoms with Crippen LogP contribution in [0.1, 0.15) is 44.6 Å². The summed E-state index contributed by atoms with van der Waals surface area (Å²) in [6.07, 6.45) is 7.54. The van der Waals surface area contributed by atoms with E-state index in [2.05, 4.69) is 36.5 Å². The topological polar surface area (TPSA) is 21.3 Å². The van der Waals surface area contributed by atoms with Crippen LogP contribution in [0, 0.1) is 0 Å². The normalized spacial score (nSPS) is 19.7. The third-order valence-corrected chi connectivity index (χ3v) is 3.57. The lowest BCUT2D eigenvalue weighted by atomic mass is 9.98. The lowest BCUT2D eigenvalue weighted by molar-refractivity contribution is 0.317. The molecular weight excluding hydrogens is 222 g/mol. The maximum atomic E-state index is 5.67. The van der Waals surface area contributed by atoms with Gasteiger partial charge in [0, 0.05) is 6.04 Å². The van der Waals surface area contributed by atoms with Crippen molar-refractivity contribution in [3.05, 3.63) is 29.8 Å². The van der Waals surface area contributed by atoms with E-state index in [1.165, 1.54) is 37.8 Å². The Hall–Kier alpha value is -1.02. The van der Waals surface area contributed by atoms with Crippen molar-refractivity contribution in [2.75, 3.05) is 13.2 Å². The molecule has 1 aromatic rings. The zero-order valence-electron chi connectivity index (χ0n) is 11.5. The van der Waals surface area contributed by atoms with Gasteiger partial charge in [-0.1, -0.05) is 25.5 Å². The third kappa shape index (κ3) is 4.34. The van der Waals surface area contributed by atoms with Crippen LogP contribution >= 0.6 is 0 Å². The van der Waals surface area contributed by atoms with E-state index in [1.54, 1.807) is 0 Å². The van der Waals surface area contributed by atoms with E-state index in [0.29, 0.717) is 0 Å². The second-order valence-electron chi connectivity index (χ2n) is 5.18. The number of benzene rings is 1. The first-order chi connectivity index (χ1) is 8.88. The molecule has 0 amide bonds. The van der Waals surface area contributed by atoms with Gasteiger partial charge in [0.1, 0.15) is 5.75 Å². The van der Waals surface area contributed by atoms with E-state index in [9.17, 15) is 0 Å². The van der Waals surface area contributed by atoms with Crippen LogP contribution in [0.2, 0.25) is 0 Å². The molecule has 1 atom stereocenters. The van der Waals surface area contributed by atoms with Crippen molar-refractivity contribution in [3.63, 3.8) is 0 Å². The average Bonchev–Trinajstić information content (AvgIpc) is 2.44. The molecule has 1 aliphatic rings. The first-order valence-electron chi connectivity index (χ1n) is 7.33. The predicted molar refractivity (Wildman–Crippen MR) is 76.2 cm³/mol. The minimum absolute atomic E-state index is 0.721. The molecule has 18 heavy (non-hydrogen) atoms. The number of rotatable bonds is 6. The predicted octanol–water partition coefficient (Wildman–Crippen LogP) is 3.55. The molecule has 0 saturated carbocycles. The molecule has 1 heterocycles. The Bertz CT molecular complexity index is 345. The van der Waals surface area contributed by atoms with E-state index in [0.717, 1.165) is 31.2 Å². The van der Waals surface area contributed by atoms with Gasteiger partial charge >= 0.3 is 0 Å². The van der Waals surface area contributed by atoms with Crippen molar-refractivity contribution in [1.29, 1.82) is 0 Å². The number of hydrogen-bond acceptors (Lipinski definition) is 2. The van der Waals surface area contributed by atoms with E-state index in [-0.39, 0.29) is 0 Å². The van der Waals surface area contributed by atoms with Crippen LogP contribution in [0.4, 0.5) is 0 Å². The molecule has 1 saturated heterocycles. The van der Waals surface area contributed by atoms with Gasteiger partial charge in [-0.3, -0.25) is 0 Å². The minimum Gasteiger partial charge on any atom is -0.494 e. The summed E-state index contributed by atoms with van der Waals surface area (Å²) < 4.78 is 5.67. The van der Waals surface area contributed by atoms with E-state index in [4.69, 9.17) is 4.74 Å². The Balaban J connectivity index is 1.80. The number of piperidine rings is 1. The highest BCUT2D eigenvalue weighted by molar-refractivity contribution is 5.28. The smallest absolute Gasteiger partial charge is 0.119 e. The van der Waals surface area contributed by atoms with Gasteiger partial charge in [-0.15, -0.1) is 0 Å². The molecule has 100 valence electrons. The molecule has 2 rings (SSSR count). The van der Waals surface area contributed by atoms with Crippen molar-refractivity contribution in [3.8, 4) is 5.75 Å². The number of aryl methyl sites for hydroxylation is 1. The van der Waals surface area contributed by atoms with Crippen LogP contribution in [0.25, 0.3) is 0 Å². The van der Waals surface area contributed by atoms with E-state index in [1.807, 2.05) is 0 Å². The fourth-order valence-electron chi connectivity index (χ4n) is 2.52. The van der Waals surface area contributed by atoms with Gasteiger partial charge in [-0.2, -0.15) is 0 Å². The van der Waals surface area contributed by atoms with Crippen LogP contribution in [0.15, 0.2) is 24.3 Å². The number of hydrogen-bond donors (Lipinski definition) is 1. The molecule has 1 aliphatic heterocycles. The molecular formula is C16H25NO. The van der Waals surface area contributed by atoms with Crippen LogP contribution in [0.3, 0.4) is 0 Å². The molecule has 1 fully saturated rings. The summed E-state index contributed by atoms with van der Waals surface area (Å²) in [7, 11) is 0. The zero-order valence-corrected chi connectivity index (χ0v) is 11.5. The number of ether oxygens (including phenoxy) is 1. The van der Waals surface area contributed by atoms with Crippen molar-refractivity contribution < 1.29 is 4.74 Å². The maximum absolute atomic E-state index is 5.67. The standard InChI is InChI=1S/C16H25NO/c1-2-12-18-16-8-5-6-14(13-16)9-10-15-7-3-4-11-17-15/h5-6,8,13,15,17H,2-4,7,9-12H2,1H3. The Kier molecular flexibility index (Phi) is 5.53. The lowest BCUT2D eigenvalue weighted by Crippen LogP contribution is -2.34. The van der Waals surface area contributed by atoms with Crippen LogP contribution in [0.5, 0.6) is 5.75 Å². The third-order valence-electron chi connectivity index (χ3n) is 3.57. The molecule has 0 radical (unpaired) electrons. The Morgan fingerprint density at radius 3 is 3.06 bits per heavy atom. The molecule has 2 heteroatoms. The summed E-state index contributed by atoms with van der Waals surface area (Å²) >= 11 is 0. The summed E-state index contributed by atoms with van der Waals surface area (Å²) in [4.78, 5) is 0. The zero-order chi connectivity index (χ0) is 12.6. The highest BCUT2D eigenvalue weighted by atomic mass is 16.5. The van der Waals surface area contributed by atoms with Crippen molar-refractivity contribution in [1.82, 2.24) is 5.32 Å². The summed E-state index contributed by atoms with van der Waals surface area (Å²) in [6, 6.07) is 9.28. The van der Waals surface area contributed by atoms with Gasteiger partial charge in [-0.25, -0.2) is 0 Å². The van der Waals surface area contributed by atoms with E-state index < -0.39 is 0 Å². The Morgan fingerprint density at radius 1 is 1.33 bits per heavy atom. The first-order valence-corrected chi connectivity index (χ1v) is 7.33. The quantitative estimate of drug-likeness (QED) is 0.830. The van der Waals surface area contributed by atoms with Gasteiger partial charge in [-0.05, 0) is 56.3 Å². The molecule has 0 bridgehead atoms. The summed E-state index contributed by atoms with van der Waals surface area (Å²) in [5.41, 5.74) is 1.40. The van der Waals surface area contributed by atoms with Gasteiger partial charge in [0.05, 0.1) is 6.61 Å². The monoisotopic (exact) mass is 247 g/mol. The summed E-state index contributed by atoms with van der Waals surface area (Å²) in [5, 5.41) is 3.61. The molecule has 0 aromatic heterocycles. The second-order valence-corrected chi connectivity index (χ2v) is 5.18. The summed E-state index contributed by atoms with van der Waals surface area (Å²) in [6.45, 7) is 4.15. The van der Waals surface area contributed by atoms with Crippen molar-refractivity contribution in [2.24, 2.45) is 0 Å². The minimum atomic E-state index is 0.721. The van der Waals surface area contributed by atoms with Gasteiger partial charge in [0.25, 0.3) is 0 Å². The van der Waals surface area contributed by atoms with E-state index >= 15 is 0 Å². The molecule has 1 aromatic carbocycles. The van der Waals surface area contributed by atoms with Crippen LogP contribution in [-0.2, 0) is 6.42 Å². The molecule has 1 N–H and O–H groups in total. The fraction of sp³-hybridized carbons (Fsp3) is 0.625. The SMILES string of the molecule is CCCOc1cccc(CCC2CCCCN2)c1. The van der Waals surface area contributed by atoms with Crippen LogP contribution < -0.4 is 10.1 Å². The highest BCUT2D eigenvalue weighted by Gasteiger charge is 2.12. The average molecular weight is 247 g/mol. The van der Waals surface area contributed by atoms with Crippen molar-refractivity contribution >= 4 is 0 Å². The number of nitrogens with one attached hydrogen (secondary N) is 1. The Morgan fingerprint density at radius 2 is 2.28 bits per heavy atom.